The van der Waals surface area contributed by atoms with Crippen molar-refractivity contribution in [1.82, 2.24) is 0 Å². The van der Waals surface area contributed by atoms with Gasteiger partial charge in [-0.2, -0.15) is 0 Å². The predicted octanol–water partition coefficient (Wildman–Crippen LogP) is 1.12. The molecule has 0 atom stereocenters. The Bertz CT molecular complexity index is 246. The van der Waals surface area contributed by atoms with Crippen LogP contribution in [0, 0.1) is 5.41 Å². The zero-order valence-corrected chi connectivity index (χ0v) is 3.36. The summed E-state index contributed by atoms with van der Waals surface area (Å²) in [5.41, 5.74) is -3.77. The topological polar surface area (TPSA) is 37.3 Å². The summed E-state index contributed by atoms with van der Waals surface area (Å²) in [4.78, 5) is 10.9. The highest BCUT2D eigenvalue weighted by Gasteiger charge is 2.18. The first-order valence-corrected chi connectivity index (χ1v) is 1.43. The highest BCUT2D eigenvalue weighted by molar-refractivity contribution is 5.72. The molecule has 0 saturated carbocycles. The molecule has 0 saturated heterocycles. The number of rotatable bonds is 0. The molecule has 0 rings (SSSR count). The van der Waals surface area contributed by atoms with E-state index in [-0.39, 0.29) is 0 Å². The van der Waals surface area contributed by atoms with Crippen molar-refractivity contribution in [3.63, 3.8) is 0 Å². The van der Waals surface area contributed by atoms with Crippen molar-refractivity contribution >= 4 is 5.97 Å². The fourth-order valence-corrected chi connectivity index (χ4v) is 0. The van der Waals surface area contributed by atoms with Crippen LogP contribution in [-0.4, -0.2) is 11.1 Å². The first kappa shape index (κ1) is 0.925. The van der Waals surface area contributed by atoms with E-state index in [1.54, 1.807) is 0 Å². The monoisotopic (exact) mass is 111 g/mol. The predicted molar refractivity (Wildman–Crippen MR) is 27.1 cm³/mol. The molecule has 0 unspecified atom stereocenters. The molecule has 2 nitrogen and oxygen atoms in total. The first-order chi connectivity index (χ1) is 6.69. The van der Waals surface area contributed by atoms with Crippen LogP contribution < -0.4 is 0 Å². The van der Waals surface area contributed by atoms with Gasteiger partial charge in [-0.25, -0.2) is 0 Å². The van der Waals surface area contributed by atoms with Gasteiger partial charge >= 0.3 is 5.97 Å². The summed E-state index contributed by atoms with van der Waals surface area (Å²) in [6.07, 6.45) is 0. The third kappa shape index (κ3) is 2.20. The van der Waals surface area contributed by atoms with Crippen LogP contribution in [0.2, 0.25) is 0 Å². The van der Waals surface area contributed by atoms with Gasteiger partial charge in [0.05, 0.1) is 5.41 Å². The van der Waals surface area contributed by atoms with Crippen LogP contribution in [0.3, 0.4) is 0 Å². The molecule has 0 bridgehead atoms. The van der Waals surface area contributed by atoms with Crippen molar-refractivity contribution in [2.24, 2.45) is 5.41 Å². The maximum absolute atomic E-state index is 10.9. The van der Waals surface area contributed by atoms with Crippen LogP contribution in [0.1, 0.15) is 32.9 Å². The van der Waals surface area contributed by atoms with Crippen LogP contribution in [0.15, 0.2) is 0 Å². The highest BCUT2D eigenvalue weighted by atomic mass is 16.4. The lowest BCUT2D eigenvalue weighted by Gasteiger charge is -2.08. The number of aliphatic carboxylic acids is 1. The molecule has 7 heavy (non-hydrogen) atoms. The summed E-state index contributed by atoms with van der Waals surface area (Å²) in [7, 11) is 0. The van der Waals surface area contributed by atoms with Gasteiger partial charge in [0.25, 0.3) is 0 Å². The van der Waals surface area contributed by atoms with Crippen LogP contribution >= 0.6 is 0 Å². The SMILES string of the molecule is [2H]C([2H])([2H])C(C(=O)O)(C([2H])([2H])[2H])C([2H])([2H])[2H]. The van der Waals surface area contributed by atoms with E-state index < -0.39 is 31.9 Å². The zero-order valence-electron chi connectivity index (χ0n) is 12.4. The molecule has 0 aliphatic carbocycles. The first-order valence-electron chi connectivity index (χ1n) is 5.93. The van der Waals surface area contributed by atoms with Gasteiger partial charge in [-0.3, -0.25) is 4.79 Å². The van der Waals surface area contributed by atoms with Crippen molar-refractivity contribution in [3.05, 3.63) is 0 Å². The third-order valence-corrected chi connectivity index (χ3v) is 0.321. The standard InChI is InChI=1S/C5H10O2/c1-5(2,3)4(6)7/h1-3H3,(H,6,7)/i1D3,2D3,3D3. The zero-order chi connectivity index (χ0) is 13.6. The van der Waals surface area contributed by atoms with Crippen molar-refractivity contribution < 1.29 is 22.2 Å². The fourth-order valence-electron chi connectivity index (χ4n) is 0. The van der Waals surface area contributed by atoms with E-state index >= 15 is 0 Å². The summed E-state index contributed by atoms with van der Waals surface area (Å²) >= 11 is 0. The minimum absolute atomic E-state index is 2.38. The molecule has 0 aromatic carbocycles. The molecule has 0 spiro atoms. The second-order valence-electron chi connectivity index (χ2n) is 1.06. The van der Waals surface area contributed by atoms with Gasteiger partial charge in [-0.15, -0.1) is 0 Å². The minimum Gasteiger partial charge on any atom is -0.481 e. The second kappa shape index (κ2) is 1.52. The maximum Gasteiger partial charge on any atom is 0.308 e. The summed E-state index contributed by atoms with van der Waals surface area (Å²) in [5.74, 6) is -2.38. The Morgan fingerprint density at radius 2 is 2.14 bits per heavy atom. The molecular weight excluding hydrogens is 92.1 g/mol. The molecule has 2 heteroatoms. The smallest absolute Gasteiger partial charge is 0.308 e. The van der Waals surface area contributed by atoms with Crippen LogP contribution in [0.5, 0.6) is 0 Å². The van der Waals surface area contributed by atoms with Gasteiger partial charge in [0.2, 0.25) is 0 Å². The Hall–Kier alpha value is -0.530. The lowest BCUT2D eigenvalue weighted by molar-refractivity contribution is -0.145. The molecule has 0 fully saturated rings. The summed E-state index contributed by atoms with van der Waals surface area (Å²) in [6.45, 7) is -11.0. The number of hydrogen-bond donors (Lipinski definition) is 1. The molecule has 0 heterocycles. The van der Waals surface area contributed by atoms with Gasteiger partial charge in [0, 0.05) is 12.3 Å². The van der Waals surface area contributed by atoms with Crippen molar-refractivity contribution in [1.29, 1.82) is 0 Å². The molecule has 0 aliphatic rings. The van der Waals surface area contributed by atoms with E-state index in [9.17, 15) is 4.79 Å². The minimum atomic E-state index is -3.77. The number of hydrogen-bond acceptors (Lipinski definition) is 1. The quantitative estimate of drug-likeness (QED) is 0.508. The van der Waals surface area contributed by atoms with Gasteiger partial charge in [-0.1, -0.05) is 0 Å². The normalized spacial score (nSPS) is 35.7. The maximum atomic E-state index is 10.9. The van der Waals surface area contributed by atoms with E-state index in [4.69, 9.17) is 17.4 Å². The van der Waals surface area contributed by atoms with Gasteiger partial charge in [0.15, 0.2) is 0 Å². The largest absolute Gasteiger partial charge is 0.481 e. The van der Waals surface area contributed by atoms with Crippen molar-refractivity contribution in [3.8, 4) is 0 Å². The average molecular weight is 111 g/mol. The second-order valence-corrected chi connectivity index (χ2v) is 1.06. The number of carboxylic acids is 1. The van der Waals surface area contributed by atoms with Crippen LogP contribution in [-0.2, 0) is 4.79 Å². The van der Waals surface area contributed by atoms with E-state index in [2.05, 4.69) is 0 Å². The summed E-state index contributed by atoms with van der Waals surface area (Å²) in [6, 6.07) is 0. The van der Waals surface area contributed by atoms with E-state index in [1.807, 2.05) is 0 Å². The fraction of sp³-hybridized carbons (Fsp3) is 0.800. The Kier molecular flexibility index (Phi) is 0.201. The molecule has 0 aromatic rings. The molecule has 0 amide bonds. The van der Waals surface area contributed by atoms with Crippen molar-refractivity contribution in [2.75, 3.05) is 0 Å². The lowest BCUT2D eigenvalue weighted by atomic mass is 9.98. The van der Waals surface area contributed by atoms with E-state index in [0.29, 0.717) is 0 Å². The highest BCUT2D eigenvalue weighted by Crippen LogP contribution is 2.11. The Balaban J connectivity index is 6.17. The van der Waals surface area contributed by atoms with Crippen LogP contribution in [0.25, 0.3) is 0 Å². The van der Waals surface area contributed by atoms with E-state index in [1.165, 1.54) is 0 Å². The van der Waals surface area contributed by atoms with Gasteiger partial charge in [-0.05, 0) is 20.6 Å². The van der Waals surface area contributed by atoms with Gasteiger partial charge < -0.3 is 5.11 Å². The Labute approximate surface area is 55.8 Å². The third-order valence-electron chi connectivity index (χ3n) is 0.321. The lowest BCUT2D eigenvalue weighted by Crippen LogP contribution is -2.18. The molecule has 0 radical (unpaired) electrons. The summed E-state index contributed by atoms with van der Waals surface area (Å²) in [5, 5.41) is 8.75. The van der Waals surface area contributed by atoms with E-state index in [0.717, 1.165) is 0 Å². The number of carboxylic acid groups (broad SMARTS) is 1. The Morgan fingerprint density at radius 1 is 1.71 bits per heavy atom. The van der Waals surface area contributed by atoms with Crippen molar-refractivity contribution in [2.45, 2.75) is 20.6 Å². The molecule has 0 aromatic heterocycles. The average Bonchev–Trinajstić information content (AvgIpc) is 1.71. The number of carbonyl (C=O) groups is 1. The molecule has 42 valence electrons. The van der Waals surface area contributed by atoms with Gasteiger partial charge in [0.1, 0.15) is 0 Å². The van der Waals surface area contributed by atoms with Crippen LogP contribution in [0.4, 0.5) is 0 Å². The molecular formula is C5H10O2. The molecule has 0 aliphatic heterocycles. The molecule has 1 N–H and O–H groups in total. The Morgan fingerprint density at radius 3 is 2.14 bits per heavy atom. The summed E-state index contributed by atoms with van der Waals surface area (Å²) < 4.78 is 62.2.